The molecular weight excluding hydrogens is 346 g/mol. The average molecular weight is 371 g/mol. The Morgan fingerprint density at radius 3 is 2.63 bits per heavy atom. The maximum absolute atomic E-state index is 12.4. The van der Waals surface area contributed by atoms with Crippen LogP contribution in [0.15, 0.2) is 34.9 Å². The molecule has 1 amide bonds. The molecule has 0 bridgehead atoms. The molecule has 0 saturated heterocycles. The minimum Gasteiger partial charge on any atom is -0.481 e. The fourth-order valence-electron chi connectivity index (χ4n) is 3.48. The summed E-state index contributed by atoms with van der Waals surface area (Å²) in [4.78, 5) is 27.7. The largest absolute Gasteiger partial charge is 0.481 e. The first-order chi connectivity index (χ1) is 13.1. The number of amides is 1. The summed E-state index contributed by atoms with van der Waals surface area (Å²) in [6, 6.07) is 9.08. The molecule has 0 aliphatic heterocycles. The number of nitrogens with one attached hydrogen (secondary N) is 1. The van der Waals surface area contributed by atoms with Crippen LogP contribution in [0.25, 0.3) is 0 Å². The van der Waals surface area contributed by atoms with E-state index in [1.165, 1.54) is 12.8 Å². The highest BCUT2D eigenvalue weighted by molar-refractivity contribution is 5.76. The van der Waals surface area contributed by atoms with E-state index in [4.69, 9.17) is 9.63 Å². The molecule has 0 spiro atoms. The third-order valence-corrected chi connectivity index (χ3v) is 4.95. The number of nitrogens with zero attached hydrogens (tertiary/aromatic N) is 2. The van der Waals surface area contributed by atoms with Crippen LogP contribution >= 0.6 is 0 Å². The second kappa shape index (κ2) is 9.30. The van der Waals surface area contributed by atoms with Crippen LogP contribution in [0.2, 0.25) is 0 Å². The van der Waals surface area contributed by atoms with Crippen LogP contribution in [0.1, 0.15) is 74.2 Å². The summed E-state index contributed by atoms with van der Waals surface area (Å²) in [5, 5.41) is 15.9. The molecule has 1 heterocycles. The number of carboxylic acids is 1. The van der Waals surface area contributed by atoms with Crippen LogP contribution in [0.3, 0.4) is 0 Å². The molecule has 1 fully saturated rings. The summed E-state index contributed by atoms with van der Waals surface area (Å²) >= 11 is 0. The zero-order valence-corrected chi connectivity index (χ0v) is 15.3. The molecule has 7 heteroatoms. The van der Waals surface area contributed by atoms with E-state index in [9.17, 15) is 9.59 Å². The number of hydrogen-bond donors (Lipinski definition) is 2. The molecule has 7 nitrogen and oxygen atoms in total. The zero-order chi connectivity index (χ0) is 19.1. The van der Waals surface area contributed by atoms with Crippen molar-refractivity contribution in [3.63, 3.8) is 0 Å². The van der Waals surface area contributed by atoms with Crippen molar-refractivity contribution in [3.05, 3.63) is 47.6 Å². The molecule has 1 saturated carbocycles. The number of carboxylic acid groups (broad SMARTS) is 1. The van der Waals surface area contributed by atoms with E-state index >= 15 is 0 Å². The van der Waals surface area contributed by atoms with Crippen molar-refractivity contribution >= 4 is 11.9 Å². The summed E-state index contributed by atoms with van der Waals surface area (Å²) in [5.74, 6) is 0.584. The van der Waals surface area contributed by atoms with Gasteiger partial charge in [0, 0.05) is 25.2 Å². The van der Waals surface area contributed by atoms with Gasteiger partial charge in [-0.25, -0.2) is 0 Å². The minimum absolute atomic E-state index is 0.00571. The van der Waals surface area contributed by atoms with Gasteiger partial charge in [0.25, 0.3) is 0 Å². The van der Waals surface area contributed by atoms with Crippen molar-refractivity contribution < 1.29 is 19.2 Å². The molecule has 3 rings (SSSR count). The lowest BCUT2D eigenvalue weighted by Gasteiger charge is -2.18. The van der Waals surface area contributed by atoms with Gasteiger partial charge in [0.1, 0.15) is 0 Å². The molecule has 27 heavy (non-hydrogen) atoms. The molecule has 1 atom stereocenters. The van der Waals surface area contributed by atoms with Crippen molar-refractivity contribution in [2.45, 2.75) is 63.3 Å². The maximum atomic E-state index is 12.4. The molecule has 1 aliphatic rings. The van der Waals surface area contributed by atoms with E-state index in [-0.39, 0.29) is 24.8 Å². The molecule has 0 radical (unpaired) electrons. The smallest absolute Gasteiger partial charge is 0.303 e. The van der Waals surface area contributed by atoms with Gasteiger partial charge in [-0.1, -0.05) is 48.3 Å². The highest BCUT2D eigenvalue weighted by Crippen LogP contribution is 2.32. The number of aliphatic carboxylic acids is 1. The number of rotatable bonds is 9. The fourth-order valence-corrected chi connectivity index (χ4v) is 3.48. The first kappa shape index (κ1) is 19.1. The van der Waals surface area contributed by atoms with Gasteiger partial charge < -0.3 is 14.9 Å². The van der Waals surface area contributed by atoms with Crippen LogP contribution in [0.4, 0.5) is 0 Å². The Kier molecular flexibility index (Phi) is 6.57. The number of aryl methyl sites for hydroxylation is 1. The number of benzene rings is 1. The van der Waals surface area contributed by atoms with Gasteiger partial charge in [0.15, 0.2) is 5.82 Å². The van der Waals surface area contributed by atoms with E-state index in [0.29, 0.717) is 24.7 Å². The highest BCUT2D eigenvalue weighted by atomic mass is 16.5. The molecule has 1 aromatic carbocycles. The fraction of sp³-hybridized carbons (Fsp3) is 0.500. The van der Waals surface area contributed by atoms with Gasteiger partial charge in [-0.3, -0.25) is 9.59 Å². The molecule has 144 valence electrons. The summed E-state index contributed by atoms with van der Waals surface area (Å²) in [7, 11) is 0. The average Bonchev–Trinajstić information content (AvgIpc) is 3.35. The van der Waals surface area contributed by atoms with Crippen molar-refractivity contribution in [1.82, 2.24) is 15.5 Å². The van der Waals surface area contributed by atoms with E-state index in [0.717, 1.165) is 24.2 Å². The summed E-state index contributed by atoms with van der Waals surface area (Å²) < 4.78 is 5.28. The number of carbonyl (C=O) groups is 2. The number of aromatic nitrogens is 2. The maximum Gasteiger partial charge on any atom is 0.303 e. The van der Waals surface area contributed by atoms with Crippen LogP contribution in [-0.4, -0.2) is 27.1 Å². The first-order valence-electron chi connectivity index (χ1n) is 9.50. The van der Waals surface area contributed by atoms with Gasteiger partial charge in [-0.15, -0.1) is 0 Å². The Balaban J connectivity index is 1.53. The summed E-state index contributed by atoms with van der Waals surface area (Å²) in [6.07, 6.45) is 5.55. The second-order valence-electron chi connectivity index (χ2n) is 6.99. The summed E-state index contributed by atoms with van der Waals surface area (Å²) in [5.41, 5.74) is 0.897. The predicted molar refractivity (Wildman–Crippen MR) is 98.0 cm³/mol. The minimum atomic E-state index is -0.879. The van der Waals surface area contributed by atoms with Crippen molar-refractivity contribution in [2.24, 2.45) is 0 Å². The van der Waals surface area contributed by atoms with E-state index in [1.54, 1.807) is 0 Å². The Bertz CT molecular complexity index is 754. The topological polar surface area (TPSA) is 105 Å². The lowest BCUT2D eigenvalue weighted by atomic mass is 10.0. The second-order valence-corrected chi connectivity index (χ2v) is 6.99. The Morgan fingerprint density at radius 2 is 1.93 bits per heavy atom. The van der Waals surface area contributed by atoms with Crippen LogP contribution < -0.4 is 5.32 Å². The Hall–Kier alpha value is -2.70. The van der Waals surface area contributed by atoms with Crippen molar-refractivity contribution in [2.75, 3.05) is 0 Å². The zero-order valence-electron chi connectivity index (χ0n) is 15.3. The van der Waals surface area contributed by atoms with Crippen molar-refractivity contribution in [1.29, 1.82) is 0 Å². The van der Waals surface area contributed by atoms with E-state index < -0.39 is 5.97 Å². The molecule has 1 aromatic heterocycles. The first-order valence-corrected chi connectivity index (χ1v) is 9.50. The summed E-state index contributed by atoms with van der Waals surface area (Å²) in [6.45, 7) is 0. The normalized spacial score (nSPS) is 15.6. The van der Waals surface area contributed by atoms with E-state index in [2.05, 4.69) is 15.5 Å². The van der Waals surface area contributed by atoms with Crippen molar-refractivity contribution in [3.8, 4) is 0 Å². The number of hydrogen-bond acceptors (Lipinski definition) is 5. The van der Waals surface area contributed by atoms with E-state index in [1.807, 2.05) is 30.3 Å². The van der Waals surface area contributed by atoms with Gasteiger partial charge in [0.05, 0.1) is 6.04 Å². The lowest BCUT2D eigenvalue weighted by Crippen LogP contribution is -2.29. The van der Waals surface area contributed by atoms with Gasteiger partial charge in [0.2, 0.25) is 11.8 Å². The quantitative estimate of drug-likeness (QED) is 0.700. The Labute approximate surface area is 158 Å². The SMILES string of the molecule is O=C(O)CCC(NC(=O)CCc1nc(C2CCCC2)no1)c1ccccc1. The lowest BCUT2D eigenvalue weighted by molar-refractivity contribution is -0.137. The molecule has 1 aliphatic carbocycles. The third kappa shape index (κ3) is 5.64. The monoisotopic (exact) mass is 371 g/mol. The standard InChI is InChI=1S/C20H25N3O4/c24-17(11-12-18-22-20(23-27-18)15-8-4-5-9-15)21-16(10-13-19(25)26)14-6-2-1-3-7-14/h1-3,6-7,15-16H,4-5,8-13H2,(H,21,24)(H,25,26). The van der Waals surface area contributed by atoms with Gasteiger partial charge in [-0.2, -0.15) is 4.98 Å². The Morgan fingerprint density at radius 1 is 1.19 bits per heavy atom. The molecular formula is C20H25N3O4. The van der Waals surface area contributed by atoms with Gasteiger partial charge in [-0.05, 0) is 24.8 Å². The van der Waals surface area contributed by atoms with Crippen LogP contribution in [-0.2, 0) is 16.0 Å². The highest BCUT2D eigenvalue weighted by Gasteiger charge is 2.22. The van der Waals surface area contributed by atoms with Crippen LogP contribution in [0.5, 0.6) is 0 Å². The predicted octanol–water partition coefficient (Wildman–Crippen LogP) is 3.38. The van der Waals surface area contributed by atoms with Crippen LogP contribution in [0, 0.1) is 0 Å². The van der Waals surface area contributed by atoms with Gasteiger partial charge >= 0.3 is 5.97 Å². The molecule has 1 unspecified atom stereocenters. The molecule has 2 N–H and O–H groups in total. The molecule has 2 aromatic rings. The number of carbonyl (C=O) groups excluding carboxylic acids is 1. The third-order valence-electron chi connectivity index (χ3n) is 4.95.